The van der Waals surface area contributed by atoms with Crippen LogP contribution < -0.4 is 4.74 Å². The molecule has 0 heterocycles. The Labute approximate surface area is 162 Å². The molecule has 0 aliphatic heterocycles. The van der Waals surface area contributed by atoms with Gasteiger partial charge in [0.1, 0.15) is 11.5 Å². The van der Waals surface area contributed by atoms with E-state index in [-0.39, 0.29) is 5.41 Å². The Morgan fingerprint density at radius 3 is 2.38 bits per heavy atom. The van der Waals surface area contributed by atoms with Gasteiger partial charge in [0.15, 0.2) is 0 Å². The van der Waals surface area contributed by atoms with Crippen LogP contribution in [0.25, 0.3) is 0 Å². The van der Waals surface area contributed by atoms with Crippen molar-refractivity contribution in [2.24, 2.45) is 4.99 Å². The molecule has 2 aromatic carbocycles. The Hall–Kier alpha value is -2.00. The maximum Gasteiger partial charge on any atom is 0.130 e. The van der Waals surface area contributed by atoms with E-state index in [1.165, 1.54) is 0 Å². The molecule has 0 aliphatic carbocycles. The summed E-state index contributed by atoms with van der Waals surface area (Å²) in [6.07, 6.45) is 1.85. The van der Waals surface area contributed by atoms with Crippen molar-refractivity contribution in [2.75, 3.05) is 13.6 Å². The second-order valence-electron chi connectivity index (χ2n) is 7.72. The van der Waals surface area contributed by atoms with E-state index in [1.807, 2.05) is 56.4 Å². The molecule has 0 unspecified atom stereocenters. The Balaban J connectivity index is 2.27. The van der Waals surface area contributed by atoms with E-state index in [0.717, 1.165) is 45.4 Å². The molecule has 4 heteroatoms. The second-order valence-corrected chi connectivity index (χ2v) is 8.12. The molecule has 0 aliphatic rings. The maximum absolute atomic E-state index is 6.46. The van der Waals surface area contributed by atoms with Gasteiger partial charge in [0.2, 0.25) is 0 Å². The Kier molecular flexibility index (Phi) is 6.35. The number of rotatable bonds is 5. The van der Waals surface area contributed by atoms with Crippen molar-refractivity contribution >= 4 is 23.6 Å². The van der Waals surface area contributed by atoms with E-state index >= 15 is 0 Å². The number of halogens is 1. The number of aliphatic imine (C=N–C) groups is 1. The van der Waals surface area contributed by atoms with Crippen LogP contribution in [0.5, 0.6) is 11.5 Å². The molecule has 2 rings (SSSR count). The predicted molar refractivity (Wildman–Crippen MR) is 113 cm³/mol. The first kappa shape index (κ1) is 20.3. The topological polar surface area (TPSA) is 24.8 Å². The number of hydrogen-bond donors (Lipinski definition) is 0. The van der Waals surface area contributed by atoms with Crippen LogP contribution in [0, 0.1) is 13.8 Å². The molecule has 0 amide bonds. The minimum Gasteiger partial charge on any atom is -0.457 e. The molecule has 3 nitrogen and oxygen atoms in total. The molecule has 26 heavy (non-hydrogen) atoms. The second kappa shape index (κ2) is 8.13. The van der Waals surface area contributed by atoms with Crippen LogP contribution in [0.1, 0.15) is 44.4 Å². The Morgan fingerprint density at radius 2 is 1.81 bits per heavy atom. The standard InChI is InChI=1S/C22H29ClN2O/c1-8-25(7)14-24-20-11-16(3)21(12-15(20)2)26-17-9-10-18(19(23)13-17)22(4,5)6/h9-14H,8H2,1-7H3/b24-14+. The molecular formula is C22H29ClN2O. The van der Waals surface area contributed by atoms with Gasteiger partial charge in [0.05, 0.1) is 12.0 Å². The zero-order chi connectivity index (χ0) is 19.5. The summed E-state index contributed by atoms with van der Waals surface area (Å²) >= 11 is 6.46. The summed E-state index contributed by atoms with van der Waals surface area (Å²) in [6, 6.07) is 9.98. The van der Waals surface area contributed by atoms with Crippen molar-refractivity contribution in [1.29, 1.82) is 0 Å². The lowest BCUT2D eigenvalue weighted by Gasteiger charge is -2.21. The lowest BCUT2D eigenvalue weighted by atomic mass is 9.87. The number of nitrogens with zero attached hydrogens (tertiary/aromatic N) is 2. The maximum atomic E-state index is 6.46. The van der Waals surface area contributed by atoms with Crippen LogP contribution in [-0.2, 0) is 5.41 Å². The fourth-order valence-corrected chi connectivity index (χ4v) is 3.01. The van der Waals surface area contributed by atoms with Crippen molar-refractivity contribution in [3.8, 4) is 11.5 Å². The fraction of sp³-hybridized carbons (Fsp3) is 0.409. The first-order valence-corrected chi connectivity index (χ1v) is 9.33. The van der Waals surface area contributed by atoms with E-state index in [0.29, 0.717) is 0 Å². The number of benzene rings is 2. The lowest BCUT2D eigenvalue weighted by molar-refractivity contribution is 0.477. The number of ether oxygens (including phenoxy) is 1. The Bertz CT molecular complexity index is 807. The first-order chi connectivity index (χ1) is 12.1. The smallest absolute Gasteiger partial charge is 0.130 e. The highest BCUT2D eigenvalue weighted by atomic mass is 35.5. The summed E-state index contributed by atoms with van der Waals surface area (Å²) in [7, 11) is 2.01. The highest BCUT2D eigenvalue weighted by Crippen LogP contribution is 2.35. The highest BCUT2D eigenvalue weighted by Gasteiger charge is 2.18. The SMILES string of the molecule is CCN(C)/C=N/c1cc(C)c(Oc2ccc(C(C)(C)C)c(Cl)c2)cc1C. The third-order valence-corrected chi connectivity index (χ3v) is 4.68. The monoisotopic (exact) mass is 372 g/mol. The van der Waals surface area contributed by atoms with Gasteiger partial charge in [0.25, 0.3) is 0 Å². The molecule has 0 fully saturated rings. The van der Waals surface area contributed by atoms with Gasteiger partial charge in [-0.1, -0.05) is 38.4 Å². The summed E-state index contributed by atoms with van der Waals surface area (Å²) < 4.78 is 6.09. The summed E-state index contributed by atoms with van der Waals surface area (Å²) in [5, 5.41) is 0.730. The van der Waals surface area contributed by atoms with Crippen LogP contribution >= 0.6 is 11.6 Å². The minimum absolute atomic E-state index is 0.00736. The van der Waals surface area contributed by atoms with Gasteiger partial charge in [-0.3, -0.25) is 0 Å². The average molecular weight is 373 g/mol. The van der Waals surface area contributed by atoms with Gasteiger partial charge in [-0.05, 0) is 67.1 Å². The summed E-state index contributed by atoms with van der Waals surface area (Å²) in [4.78, 5) is 6.60. The van der Waals surface area contributed by atoms with Crippen molar-refractivity contribution in [1.82, 2.24) is 4.90 Å². The normalized spacial score (nSPS) is 11.8. The van der Waals surface area contributed by atoms with E-state index in [1.54, 1.807) is 0 Å². The molecule has 0 saturated carbocycles. The molecule has 0 radical (unpaired) electrons. The third kappa shape index (κ3) is 5.01. The zero-order valence-corrected chi connectivity index (χ0v) is 17.6. The van der Waals surface area contributed by atoms with Gasteiger partial charge in [-0.2, -0.15) is 0 Å². The summed E-state index contributed by atoms with van der Waals surface area (Å²) in [5.41, 5.74) is 4.19. The zero-order valence-electron chi connectivity index (χ0n) is 16.9. The Morgan fingerprint density at radius 1 is 1.12 bits per heavy atom. The number of aryl methyl sites for hydroxylation is 2. The molecule has 0 N–H and O–H groups in total. The van der Waals surface area contributed by atoms with Crippen molar-refractivity contribution in [3.63, 3.8) is 0 Å². The molecule has 0 saturated heterocycles. The van der Waals surface area contributed by atoms with E-state index in [2.05, 4.69) is 38.8 Å². The van der Waals surface area contributed by atoms with Gasteiger partial charge in [0, 0.05) is 18.6 Å². The molecule has 0 spiro atoms. The first-order valence-electron chi connectivity index (χ1n) is 8.95. The van der Waals surface area contributed by atoms with Crippen LogP contribution in [0.2, 0.25) is 5.02 Å². The van der Waals surface area contributed by atoms with Crippen LogP contribution in [-0.4, -0.2) is 24.8 Å². The quantitative estimate of drug-likeness (QED) is 0.433. The van der Waals surface area contributed by atoms with Gasteiger partial charge in [-0.25, -0.2) is 4.99 Å². The highest BCUT2D eigenvalue weighted by molar-refractivity contribution is 6.31. The van der Waals surface area contributed by atoms with Crippen molar-refractivity contribution in [2.45, 2.75) is 47.0 Å². The van der Waals surface area contributed by atoms with Crippen LogP contribution in [0.3, 0.4) is 0 Å². The molecular weight excluding hydrogens is 344 g/mol. The molecule has 0 atom stereocenters. The molecule has 0 bridgehead atoms. The fourth-order valence-electron chi connectivity index (χ4n) is 2.56. The van der Waals surface area contributed by atoms with E-state index in [9.17, 15) is 0 Å². The summed E-state index contributed by atoms with van der Waals surface area (Å²) in [6.45, 7) is 13.5. The van der Waals surface area contributed by atoms with Gasteiger partial charge in [-0.15, -0.1) is 0 Å². The van der Waals surface area contributed by atoms with Crippen molar-refractivity contribution in [3.05, 3.63) is 52.0 Å². The third-order valence-electron chi connectivity index (χ3n) is 4.36. The van der Waals surface area contributed by atoms with Crippen LogP contribution in [0.15, 0.2) is 35.3 Å². The van der Waals surface area contributed by atoms with Crippen molar-refractivity contribution < 1.29 is 4.74 Å². The van der Waals surface area contributed by atoms with E-state index in [4.69, 9.17) is 16.3 Å². The molecule has 140 valence electrons. The number of hydrogen-bond acceptors (Lipinski definition) is 2. The predicted octanol–water partition coefficient (Wildman–Crippen LogP) is 6.66. The summed E-state index contributed by atoms with van der Waals surface area (Å²) in [5.74, 6) is 1.57. The average Bonchev–Trinajstić information content (AvgIpc) is 2.55. The van der Waals surface area contributed by atoms with Gasteiger partial charge < -0.3 is 9.64 Å². The molecule has 0 aromatic heterocycles. The lowest BCUT2D eigenvalue weighted by Crippen LogP contribution is -2.14. The minimum atomic E-state index is 0.00736. The van der Waals surface area contributed by atoms with Gasteiger partial charge >= 0.3 is 0 Å². The molecule has 2 aromatic rings. The largest absolute Gasteiger partial charge is 0.457 e. The van der Waals surface area contributed by atoms with Crippen LogP contribution in [0.4, 0.5) is 5.69 Å². The van der Waals surface area contributed by atoms with E-state index < -0.39 is 0 Å².